The van der Waals surface area contributed by atoms with Crippen LogP contribution in [-0.4, -0.2) is 67.5 Å². The number of carbonyl (C=O) groups excluding carboxylic acids is 1. The Bertz CT molecular complexity index is 188. The van der Waals surface area contributed by atoms with Crippen molar-refractivity contribution in [3.8, 4) is 0 Å². The van der Waals surface area contributed by atoms with Crippen molar-refractivity contribution in [2.45, 2.75) is 24.4 Å². The van der Waals surface area contributed by atoms with Crippen LogP contribution in [0.15, 0.2) is 0 Å². The summed E-state index contributed by atoms with van der Waals surface area (Å²) in [6, 6.07) is 0. The lowest BCUT2D eigenvalue weighted by Crippen LogP contribution is -2.46. The third-order valence-corrected chi connectivity index (χ3v) is 1.97. The van der Waals surface area contributed by atoms with Crippen molar-refractivity contribution in [3.05, 3.63) is 0 Å². The van der Waals surface area contributed by atoms with E-state index < -0.39 is 39.6 Å². The van der Waals surface area contributed by atoms with Crippen molar-refractivity contribution in [1.82, 2.24) is 0 Å². The highest BCUT2D eigenvalue weighted by molar-refractivity contribution is 7.39. The molecule has 0 spiro atoms. The molecule has 0 amide bonds. The molecular weight excluding hydrogens is 231 g/mol. The van der Waals surface area contributed by atoms with E-state index in [9.17, 15) is 4.79 Å². The van der Waals surface area contributed by atoms with Gasteiger partial charge in [-0.05, 0) is 0 Å². The molecule has 0 fully saturated rings. The predicted octanol–water partition coefficient (Wildman–Crippen LogP) is -3.14. The van der Waals surface area contributed by atoms with Crippen molar-refractivity contribution >= 4 is 14.9 Å². The zero-order chi connectivity index (χ0) is 12.0. The second-order valence-corrected chi connectivity index (χ2v) is 3.49. The summed E-state index contributed by atoms with van der Waals surface area (Å²) in [5.74, 6) is 0. The van der Waals surface area contributed by atoms with Gasteiger partial charge >= 0.3 is 8.60 Å². The van der Waals surface area contributed by atoms with Gasteiger partial charge in [0.1, 0.15) is 24.4 Å². The summed E-state index contributed by atoms with van der Waals surface area (Å²) in [5.41, 5.74) is 0. The van der Waals surface area contributed by atoms with Crippen LogP contribution < -0.4 is 0 Å². The summed E-state index contributed by atoms with van der Waals surface area (Å²) in [4.78, 5) is 26.7. The van der Waals surface area contributed by atoms with Gasteiger partial charge in [-0.1, -0.05) is 0 Å². The summed E-state index contributed by atoms with van der Waals surface area (Å²) in [5, 5.41) is 36.1. The van der Waals surface area contributed by atoms with Crippen LogP contribution in [-0.2, 0) is 9.32 Å². The second kappa shape index (κ2) is 7.15. The minimum Gasteiger partial charge on any atom is -0.388 e. The third-order valence-electron chi connectivity index (χ3n) is 1.59. The maximum atomic E-state index is 10.0. The fourth-order valence-electron chi connectivity index (χ4n) is 0.752. The van der Waals surface area contributed by atoms with Crippen molar-refractivity contribution in [1.29, 1.82) is 0 Å². The molecule has 0 heterocycles. The van der Waals surface area contributed by atoms with E-state index in [4.69, 9.17) is 30.2 Å². The molecule has 0 unspecified atom stereocenters. The van der Waals surface area contributed by atoms with Crippen LogP contribution in [0.3, 0.4) is 0 Å². The Labute approximate surface area is 86.4 Å². The minimum absolute atomic E-state index is 0.00750. The first-order chi connectivity index (χ1) is 6.90. The normalized spacial score (nSPS) is 19.7. The van der Waals surface area contributed by atoms with E-state index >= 15 is 0 Å². The number of aliphatic hydroxyl groups is 4. The molecule has 0 aliphatic heterocycles. The topological polar surface area (TPSA) is 148 Å². The Kier molecular flexibility index (Phi) is 7.07. The number of aldehydes is 1. The smallest absolute Gasteiger partial charge is 0.327 e. The molecule has 9 heteroatoms. The molecule has 0 saturated carbocycles. The fraction of sp³-hybridized carbons (Fsp3) is 0.833. The highest BCUT2D eigenvalue weighted by atomic mass is 31.2. The minimum atomic E-state index is -2.68. The predicted molar refractivity (Wildman–Crippen MR) is 47.4 cm³/mol. The lowest BCUT2D eigenvalue weighted by atomic mass is 10.0. The summed E-state index contributed by atoms with van der Waals surface area (Å²) >= 11 is 0. The van der Waals surface area contributed by atoms with E-state index in [-0.39, 0.29) is 6.29 Å². The van der Waals surface area contributed by atoms with Crippen LogP contribution in [0, 0.1) is 0 Å². The number of hydrogen-bond donors (Lipinski definition) is 6. The van der Waals surface area contributed by atoms with Crippen LogP contribution >= 0.6 is 8.60 Å². The molecular formula is C6H13O8P. The van der Waals surface area contributed by atoms with E-state index in [1.807, 2.05) is 0 Å². The van der Waals surface area contributed by atoms with Gasteiger partial charge in [-0.15, -0.1) is 0 Å². The van der Waals surface area contributed by atoms with Gasteiger partial charge in [0.05, 0.1) is 6.61 Å². The molecule has 4 atom stereocenters. The van der Waals surface area contributed by atoms with Crippen LogP contribution in [0.1, 0.15) is 0 Å². The van der Waals surface area contributed by atoms with Crippen LogP contribution in [0.25, 0.3) is 0 Å². The van der Waals surface area contributed by atoms with E-state index in [1.165, 1.54) is 0 Å². The molecule has 0 aromatic rings. The van der Waals surface area contributed by atoms with E-state index in [0.29, 0.717) is 0 Å². The zero-order valence-electron chi connectivity index (χ0n) is 7.54. The van der Waals surface area contributed by atoms with Gasteiger partial charge in [-0.3, -0.25) is 0 Å². The fourth-order valence-corrected chi connectivity index (χ4v) is 1.04. The van der Waals surface area contributed by atoms with Gasteiger partial charge in [0.2, 0.25) is 0 Å². The Morgan fingerprint density at radius 1 is 1.13 bits per heavy atom. The molecule has 15 heavy (non-hydrogen) atoms. The highest BCUT2D eigenvalue weighted by Gasteiger charge is 2.30. The summed E-state index contributed by atoms with van der Waals surface area (Å²) in [6.07, 6.45) is -7.20. The van der Waals surface area contributed by atoms with E-state index in [0.717, 1.165) is 0 Å². The maximum absolute atomic E-state index is 10.0. The summed E-state index contributed by atoms with van der Waals surface area (Å²) in [6.45, 7) is -0.650. The molecule has 0 saturated heterocycles. The van der Waals surface area contributed by atoms with Crippen LogP contribution in [0.4, 0.5) is 0 Å². The average Bonchev–Trinajstić information content (AvgIpc) is 2.22. The Morgan fingerprint density at radius 3 is 2.07 bits per heavy atom. The largest absolute Gasteiger partial charge is 0.388 e. The Morgan fingerprint density at radius 2 is 1.67 bits per heavy atom. The monoisotopic (exact) mass is 244 g/mol. The van der Waals surface area contributed by atoms with Gasteiger partial charge in [-0.25, -0.2) is 0 Å². The molecule has 0 aromatic heterocycles. The van der Waals surface area contributed by atoms with Gasteiger partial charge in [0, 0.05) is 0 Å². The molecule has 8 nitrogen and oxygen atoms in total. The van der Waals surface area contributed by atoms with Gasteiger partial charge in [0.25, 0.3) is 0 Å². The number of rotatable bonds is 7. The first-order valence-corrected chi connectivity index (χ1v) is 5.05. The van der Waals surface area contributed by atoms with Gasteiger partial charge in [-0.2, -0.15) is 0 Å². The molecule has 90 valence electrons. The summed E-state index contributed by atoms with van der Waals surface area (Å²) in [7, 11) is -2.68. The molecule has 0 bridgehead atoms. The lowest BCUT2D eigenvalue weighted by Gasteiger charge is -2.23. The van der Waals surface area contributed by atoms with E-state index in [2.05, 4.69) is 4.52 Å². The first-order valence-electron chi connectivity index (χ1n) is 3.88. The molecule has 0 aromatic carbocycles. The first kappa shape index (κ1) is 14.8. The number of carbonyl (C=O) groups is 1. The molecule has 6 N–H and O–H groups in total. The Hall–Kier alpha value is -0.180. The van der Waals surface area contributed by atoms with Gasteiger partial charge in [0.15, 0.2) is 6.29 Å². The number of aliphatic hydroxyl groups excluding tert-OH is 4. The molecule has 0 radical (unpaired) electrons. The Balaban J connectivity index is 4.06. The third kappa shape index (κ3) is 5.45. The summed E-state index contributed by atoms with van der Waals surface area (Å²) < 4.78 is 4.17. The molecule has 0 aliphatic rings. The quantitative estimate of drug-likeness (QED) is 0.203. The zero-order valence-corrected chi connectivity index (χ0v) is 8.44. The van der Waals surface area contributed by atoms with Crippen LogP contribution in [0.2, 0.25) is 0 Å². The lowest BCUT2D eigenvalue weighted by molar-refractivity contribution is -0.135. The average molecular weight is 244 g/mol. The number of hydrogen-bond acceptors (Lipinski definition) is 8. The maximum Gasteiger partial charge on any atom is 0.327 e. The van der Waals surface area contributed by atoms with Crippen molar-refractivity contribution in [2.75, 3.05) is 6.61 Å². The van der Waals surface area contributed by atoms with Crippen molar-refractivity contribution in [3.63, 3.8) is 0 Å². The SMILES string of the molecule is O=C[C@H](O)[C@@H](O)[C@H](O)[C@H](O)COP(O)O. The van der Waals surface area contributed by atoms with Gasteiger partial charge < -0.3 is 39.5 Å². The van der Waals surface area contributed by atoms with Crippen molar-refractivity contribution in [2.24, 2.45) is 0 Å². The highest BCUT2D eigenvalue weighted by Crippen LogP contribution is 2.24. The molecule has 0 aliphatic carbocycles. The standard InChI is InChI=1S/C6H13O8P/c7-1-3(8)5(10)6(11)4(9)2-14-15(12)13/h1,3-6,8-13H,2H2/t3-,4+,5+,6+/m0/s1. The van der Waals surface area contributed by atoms with Crippen molar-refractivity contribution < 1.29 is 39.5 Å². The second-order valence-electron chi connectivity index (χ2n) is 2.72. The van der Waals surface area contributed by atoms with Crippen LogP contribution in [0.5, 0.6) is 0 Å². The van der Waals surface area contributed by atoms with E-state index in [1.54, 1.807) is 0 Å². The molecule has 0 rings (SSSR count).